The first-order valence-corrected chi connectivity index (χ1v) is 24.6. The lowest BCUT2D eigenvalue weighted by atomic mass is 10.0. The molecule has 0 aliphatic rings. The number of unbranched alkanes of at least 4 members (excludes halogenated alkanes) is 25. The standard InChI is InChI=1S/C53H95NO3/c1-3-5-7-9-11-13-15-16-17-18-19-20-21-22-23-24-25-26-27-28-29-30-31-32-33-34-35-36-37-38-39-41-43-45-47-49-53(57)54-51(50-55)52(56)48-46-44-42-40-14-12-10-8-6-4-2/h5,7,11,13,16-17,19-20,22-23,25-26,51-52,55-56H,3-4,6,8-10,12,14-15,18,21,24,27-50H2,1-2H3,(H,54,57)/b7-5-,13-11-,17-16-,20-19-,23-22-,26-25-. The summed E-state index contributed by atoms with van der Waals surface area (Å²) in [6.45, 7) is 4.23. The van der Waals surface area contributed by atoms with Crippen LogP contribution in [0, 0.1) is 0 Å². The minimum atomic E-state index is -0.659. The number of amides is 1. The van der Waals surface area contributed by atoms with E-state index in [1.807, 2.05) is 0 Å². The Balaban J connectivity index is 3.46. The Bertz CT molecular complexity index is 992. The summed E-state index contributed by atoms with van der Waals surface area (Å²) in [5.74, 6) is -0.0342. The molecule has 0 aromatic carbocycles. The maximum Gasteiger partial charge on any atom is 0.220 e. The molecule has 0 aliphatic heterocycles. The Morgan fingerprint density at radius 3 is 1.16 bits per heavy atom. The van der Waals surface area contributed by atoms with Crippen LogP contribution in [0.1, 0.15) is 239 Å². The van der Waals surface area contributed by atoms with Gasteiger partial charge in [-0.1, -0.05) is 241 Å². The monoisotopic (exact) mass is 794 g/mol. The van der Waals surface area contributed by atoms with Crippen molar-refractivity contribution in [2.24, 2.45) is 0 Å². The third kappa shape index (κ3) is 44.8. The molecule has 4 nitrogen and oxygen atoms in total. The van der Waals surface area contributed by atoms with E-state index in [1.54, 1.807) is 0 Å². The first kappa shape index (κ1) is 54.8. The molecule has 0 spiro atoms. The molecular formula is C53H95NO3. The van der Waals surface area contributed by atoms with E-state index in [9.17, 15) is 15.0 Å². The highest BCUT2D eigenvalue weighted by molar-refractivity contribution is 5.76. The molecule has 3 N–H and O–H groups in total. The van der Waals surface area contributed by atoms with Gasteiger partial charge in [-0.15, -0.1) is 0 Å². The lowest BCUT2D eigenvalue weighted by Crippen LogP contribution is -2.45. The molecule has 0 rings (SSSR count). The number of carbonyl (C=O) groups is 1. The highest BCUT2D eigenvalue weighted by atomic mass is 16.3. The molecule has 0 saturated carbocycles. The summed E-state index contributed by atoms with van der Waals surface area (Å²) in [7, 11) is 0. The van der Waals surface area contributed by atoms with Crippen LogP contribution in [0.3, 0.4) is 0 Å². The van der Waals surface area contributed by atoms with Gasteiger partial charge in [0.15, 0.2) is 0 Å². The molecule has 0 aliphatic carbocycles. The third-order valence-electron chi connectivity index (χ3n) is 11.0. The van der Waals surface area contributed by atoms with Gasteiger partial charge in [0.05, 0.1) is 18.8 Å². The summed E-state index contributed by atoms with van der Waals surface area (Å²) < 4.78 is 0. The van der Waals surface area contributed by atoms with E-state index in [0.29, 0.717) is 12.8 Å². The van der Waals surface area contributed by atoms with Gasteiger partial charge in [-0.2, -0.15) is 0 Å². The molecule has 0 heterocycles. The van der Waals surface area contributed by atoms with Gasteiger partial charge in [0.2, 0.25) is 5.91 Å². The largest absolute Gasteiger partial charge is 0.394 e. The van der Waals surface area contributed by atoms with Crippen LogP contribution in [-0.4, -0.2) is 34.9 Å². The van der Waals surface area contributed by atoms with Crippen molar-refractivity contribution in [3.8, 4) is 0 Å². The summed E-state index contributed by atoms with van der Waals surface area (Å²) in [5.41, 5.74) is 0. The molecule has 0 saturated heterocycles. The maximum absolute atomic E-state index is 12.4. The molecule has 0 aromatic heterocycles. The third-order valence-corrected chi connectivity index (χ3v) is 11.0. The lowest BCUT2D eigenvalue weighted by Gasteiger charge is -2.22. The predicted octanol–water partition coefficient (Wildman–Crippen LogP) is 15.9. The Labute approximate surface area is 355 Å². The van der Waals surface area contributed by atoms with Gasteiger partial charge in [0.1, 0.15) is 0 Å². The van der Waals surface area contributed by atoms with Crippen molar-refractivity contribution in [3.63, 3.8) is 0 Å². The fourth-order valence-corrected chi connectivity index (χ4v) is 7.25. The average molecular weight is 794 g/mol. The highest BCUT2D eigenvalue weighted by Crippen LogP contribution is 2.16. The molecule has 57 heavy (non-hydrogen) atoms. The molecule has 4 heteroatoms. The van der Waals surface area contributed by atoms with Gasteiger partial charge in [0, 0.05) is 6.42 Å². The zero-order chi connectivity index (χ0) is 41.4. The number of hydrogen-bond acceptors (Lipinski definition) is 3. The first-order valence-electron chi connectivity index (χ1n) is 24.6. The molecule has 0 fully saturated rings. The molecule has 0 aromatic rings. The van der Waals surface area contributed by atoms with E-state index in [1.165, 1.54) is 148 Å². The Morgan fingerprint density at radius 2 is 0.772 bits per heavy atom. The molecule has 330 valence electrons. The summed E-state index contributed by atoms with van der Waals surface area (Å²) in [6.07, 6.45) is 68.7. The van der Waals surface area contributed by atoms with Gasteiger partial charge in [0.25, 0.3) is 0 Å². The van der Waals surface area contributed by atoms with Crippen LogP contribution in [-0.2, 0) is 4.79 Å². The fraction of sp³-hybridized carbons (Fsp3) is 0.755. The van der Waals surface area contributed by atoms with Crippen LogP contribution in [0.15, 0.2) is 72.9 Å². The smallest absolute Gasteiger partial charge is 0.220 e. The van der Waals surface area contributed by atoms with Crippen molar-refractivity contribution >= 4 is 5.91 Å². The topological polar surface area (TPSA) is 69.6 Å². The van der Waals surface area contributed by atoms with Gasteiger partial charge in [-0.3, -0.25) is 4.79 Å². The molecule has 0 radical (unpaired) electrons. The zero-order valence-electron chi connectivity index (χ0n) is 37.8. The second-order valence-electron chi connectivity index (χ2n) is 16.5. The van der Waals surface area contributed by atoms with Crippen LogP contribution < -0.4 is 5.32 Å². The van der Waals surface area contributed by atoms with Crippen molar-refractivity contribution in [1.29, 1.82) is 0 Å². The molecule has 2 atom stereocenters. The molecule has 0 bridgehead atoms. The summed E-state index contributed by atoms with van der Waals surface area (Å²) >= 11 is 0. The second-order valence-corrected chi connectivity index (χ2v) is 16.5. The highest BCUT2D eigenvalue weighted by Gasteiger charge is 2.20. The average Bonchev–Trinajstić information content (AvgIpc) is 3.22. The van der Waals surface area contributed by atoms with Crippen molar-refractivity contribution in [2.45, 2.75) is 251 Å². The van der Waals surface area contributed by atoms with Gasteiger partial charge < -0.3 is 15.5 Å². The summed E-state index contributed by atoms with van der Waals surface area (Å²) in [5, 5.41) is 23.1. The van der Waals surface area contributed by atoms with E-state index >= 15 is 0 Å². The van der Waals surface area contributed by atoms with Crippen LogP contribution in [0.25, 0.3) is 0 Å². The molecular weight excluding hydrogens is 699 g/mol. The van der Waals surface area contributed by atoms with E-state index in [-0.39, 0.29) is 12.5 Å². The predicted molar refractivity (Wildman–Crippen MR) is 253 cm³/mol. The quantitative estimate of drug-likeness (QED) is 0.0425. The Morgan fingerprint density at radius 1 is 0.439 bits per heavy atom. The molecule has 2 unspecified atom stereocenters. The Hall–Kier alpha value is -2.17. The minimum absolute atomic E-state index is 0.0342. The van der Waals surface area contributed by atoms with Crippen LogP contribution in [0.4, 0.5) is 0 Å². The first-order chi connectivity index (χ1) is 28.2. The second kappa shape index (κ2) is 48.2. The minimum Gasteiger partial charge on any atom is -0.394 e. The maximum atomic E-state index is 12.4. The van der Waals surface area contributed by atoms with Crippen LogP contribution in [0.5, 0.6) is 0 Å². The van der Waals surface area contributed by atoms with E-state index in [4.69, 9.17) is 0 Å². The van der Waals surface area contributed by atoms with Gasteiger partial charge in [-0.05, 0) is 64.2 Å². The summed E-state index contributed by atoms with van der Waals surface area (Å²) in [4.78, 5) is 12.4. The van der Waals surface area contributed by atoms with Crippen molar-refractivity contribution in [3.05, 3.63) is 72.9 Å². The van der Waals surface area contributed by atoms with E-state index < -0.39 is 12.1 Å². The fourth-order valence-electron chi connectivity index (χ4n) is 7.25. The summed E-state index contributed by atoms with van der Waals surface area (Å²) in [6, 6.07) is -0.536. The number of nitrogens with one attached hydrogen (secondary N) is 1. The van der Waals surface area contributed by atoms with E-state index in [0.717, 1.165) is 64.2 Å². The Kier molecular flexibility index (Phi) is 46.4. The van der Waals surface area contributed by atoms with Crippen molar-refractivity contribution in [2.75, 3.05) is 6.61 Å². The lowest BCUT2D eigenvalue weighted by molar-refractivity contribution is -0.123. The van der Waals surface area contributed by atoms with Crippen LogP contribution in [0.2, 0.25) is 0 Å². The van der Waals surface area contributed by atoms with Crippen molar-refractivity contribution < 1.29 is 15.0 Å². The number of rotatable bonds is 44. The number of aliphatic hydroxyl groups excluding tert-OH is 2. The molecule has 1 amide bonds. The van der Waals surface area contributed by atoms with Crippen LogP contribution >= 0.6 is 0 Å². The van der Waals surface area contributed by atoms with E-state index in [2.05, 4.69) is 92.1 Å². The normalized spacial score (nSPS) is 13.5. The van der Waals surface area contributed by atoms with Gasteiger partial charge in [-0.25, -0.2) is 0 Å². The van der Waals surface area contributed by atoms with Crippen molar-refractivity contribution in [1.82, 2.24) is 5.32 Å². The zero-order valence-corrected chi connectivity index (χ0v) is 37.8. The SMILES string of the molecule is CC/C=C\C/C=C\C/C=C\C/C=C\C/C=C\C/C=C\CCCCCCCCCCCCCCCCCCC(=O)NC(CO)C(O)CCCCCCCCCCCC. The number of carbonyl (C=O) groups excluding carboxylic acids is 1. The number of aliphatic hydroxyl groups is 2. The number of hydrogen-bond donors (Lipinski definition) is 3. The van der Waals surface area contributed by atoms with Gasteiger partial charge >= 0.3 is 0 Å². The number of allylic oxidation sites excluding steroid dienone is 12.